The van der Waals surface area contributed by atoms with Crippen molar-refractivity contribution in [1.29, 1.82) is 0 Å². The molecule has 3 aromatic rings. The molecule has 47 heavy (non-hydrogen) atoms. The number of hydrogen-bond acceptors (Lipinski definition) is 10. The molecule has 3 heterocycles. The van der Waals surface area contributed by atoms with Gasteiger partial charge in [-0.25, -0.2) is 14.8 Å². The molecule has 2 fully saturated rings. The molecule has 246 valence electrons. The number of fused-ring (bicyclic) bond motifs is 2. The minimum atomic E-state index is -0.907. The van der Waals surface area contributed by atoms with Crippen molar-refractivity contribution in [1.82, 2.24) is 30.1 Å². The molecule has 0 spiro atoms. The lowest BCUT2D eigenvalue weighted by molar-refractivity contribution is -0.157. The van der Waals surface area contributed by atoms with E-state index in [1.54, 1.807) is 33.0 Å². The fourth-order valence-electron chi connectivity index (χ4n) is 5.86. The maximum Gasteiger partial charge on any atom is 0.332 e. The van der Waals surface area contributed by atoms with E-state index in [0.717, 1.165) is 23.1 Å². The third-order valence-electron chi connectivity index (χ3n) is 8.14. The Morgan fingerprint density at radius 1 is 1.28 bits per heavy atom. The number of benzene rings is 2. The molecule has 5 N–H and O–H groups in total. The number of hydrogen-bond donors (Lipinski definition) is 3. The van der Waals surface area contributed by atoms with Crippen molar-refractivity contribution < 1.29 is 23.9 Å². The van der Waals surface area contributed by atoms with Gasteiger partial charge in [-0.15, -0.1) is 6.42 Å². The van der Waals surface area contributed by atoms with E-state index < -0.39 is 18.2 Å². The van der Waals surface area contributed by atoms with Gasteiger partial charge in [0.05, 0.1) is 35.5 Å². The summed E-state index contributed by atoms with van der Waals surface area (Å²) in [5, 5.41) is 6.34. The molecule has 0 unspecified atom stereocenters. The number of nitrogens with two attached hydrogens (primary N) is 2. The topological polar surface area (TPSA) is 167 Å². The minimum Gasteiger partial charge on any atom is -0.483 e. The Morgan fingerprint density at radius 3 is 2.81 bits per heavy atom. The van der Waals surface area contributed by atoms with Gasteiger partial charge in [0.25, 0.3) is 0 Å². The van der Waals surface area contributed by atoms with Gasteiger partial charge in [0.2, 0.25) is 11.8 Å². The third-order valence-corrected chi connectivity index (χ3v) is 8.99. The van der Waals surface area contributed by atoms with E-state index in [9.17, 15) is 19.2 Å². The Bertz CT molecular complexity index is 1740. The number of rotatable bonds is 13. The van der Waals surface area contributed by atoms with Crippen LogP contribution < -0.4 is 21.5 Å². The van der Waals surface area contributed by atoms with Crippen molar-refractivity contribution in [2.75, 3.05) is 44.3 Å². The lowest BCUT2D eigenvalue weighted by Crippen LogP contribution is -2.66. The van der Waals surface area contributed by atoms with Crippen molar-refractivity contribution in [3.05, 3.63) is 60.2 Å². The maximum absolute atomic E-state index is 14.3. The second kappa shape index (κ2) is 14.5. The number of para-hydroxylation sites is 1. The fourth-order valence-corrected chi connectivity index (χ4v) is 6.65. The van der Waals surface area contributed by atoms with Crippen LogP contribution in [0.1, 0.15) is 30.9 Å². The highest BCUT2D eigenvalue weighted by molar-refractivity contribution is 7.22. The molecule has 2 aliphatic heterocycles. The average Bonchev–Trinajstić information content (AvgIpc) is 3.60. The number of piperazine rings is 1. The molecular formula is C33H38N8O5S. The van der Waals surface area contributed by atoms with E-state index in [1.165, 1.54) is 22.4 Å². The van der Waals surface area contributed by atoms with E-state index >= 15 is 0 Å². The van der Waals surface area contributed by atoms with Crippen molar-refractivity contribution in [2.45, 2.75) is 44.9 Å². The number of terminal acetylenes is 1. The molecule has 0 radical (unpaired) electrons. The number of amides is 4. The molecule has 14 heteroatoms. The quantitative estimate of drug-likeness (QED) is 0.108. The lowest BCUT2D eigenvalue weighted by atomic mass is 9.99. The normalized spacial score (nSPS) is 17.8. The van der Waals surface area contributed by atoms with Gasteiger partial charge in [0.15, 0.2) is 17.5 Å². The summed E-state index contributed by atoms with van der Waals surface area (Å²) >= 11 is 1.36. The number of thiazole rings is 1. The molecule has 0 bridgehead atoms. The smallest absolute Gasteiger partial charge is 0.332 e. The molecule has 2 atom stereocenters. The van der Waals surface area contributed by atoms with Crippen LogP contribution in [0, 0.1) is 12.3 Å². The first-order chi connectivity index (χ1) is 22.6. The van der Waals surface area contributed by atoms with Gasteiger partial charge in [-0.3, -0.25) is 14.4 Å². The first kappa shape index (κ1) is 33.2. The molecular weight excluding hydrogens is 620 g/mol. The van der Waals surface area contributed by atoms with Crippen LogP contribution in [0.5, 0.6) is 5.75 Å². The highest BCUT2D eigenvalue weighted by atomic mass is 32.1. The molecule has 2 aromatic carbocycles. The molecule has 1 aromatic heterocycles. The fraction of sp³-hybridized carbons (Fsp3) is 0.364. The molecule has 2 aliphatic rings. The van der Waals surface area contributed by atoms with Gasteiger partial charge in [0.1, 0.15) is 18.0 Å². The van der Waals surface area contributed by atoms with Crippen LogP contribution in [-0.2, 0) is 27.3 Å². The van der Waals surface area contributed by atoms with Crippen molar-refractivity contribution >= 4 is 56.0 Å². The molecule has 4 amide bonds. The first-order valence-corrected chi connectivity index (χ1v) is 16.1. The number of nitrogens with zero attached hydrogens (tertiary/aromatic N) is 5. The minimum absolute atomic E-state index is 0.0576. The van der Waals surface area contributed by atoms with Crippen molar-refractivity contribution in [3.8, 4) is 18.1 Å². The first-order valence-electron chi connectivity index (χ1n) is 15.3. The summed E-state index contributed by atoms with van der Waals surface area (Å²) in [6.07, 6.45) is 8.01. The van der Waals surface area contributed by atoms with Crippen LogP contribution >= 0.6 is 11.3 Å². The van der Waals surface area contributed by atoms with Crippen LogP contribution in [0.15, 0.2) is 49.1 Å². The van der Waals surface area contributed by atoms with E-state index in [-0.39, 0.29) is 62.5 Å². The average molecular weight is 659 g/mol. The van der Waals surface area contributed by atoms with E-state index in [0.29, 0.717) is 28.5 Å². The lowest BCUT2D eigenvalue weighted by Gasteiger charge is -2.46. The summed E-state index contributed by atoms with van der Waals surface area (Å²) < 4.78 is 6.42. The van der Waals surface area contributed by atoms with Gasteiger partial charge in [0, 0.05) is 19.5 Å². The number of anilines is 2. The standard InChI is InChI=1S/C33H38N8O5S/c1-4-7-13-36-33(45)39(14-5-2)40-19-29(43)41-25(16-21-11-12-26(24(34)15-21)46-20-23(42)6-3)31(44)38(18-28(40)41)17-22-9-8-10-27-30(22)37-32(35)47-27/h2,6,8-12,15,25,28H,3-4,7,13-14,16-20,34H2,1H3,(H2,35,37)(H,36,45)/t25-,28+/m0/s1. The Balaban J connectivity index is 1.47. The highest BCUT2D eigenvalue weighted by Crippen LogP contribution is 2.33. The molecule has 13 nitrogen and oxygen atoms in total. The summed E-state index contributed by atoms with van der Waals surface area (Å²) in [5.74, 6) is 1.99. The van der Waals surface area contributed by atoms with E-state index in [4.69, 9.17) is 22.6 Å². The predicted molar refractivity (Wildman–Crippen MR) is 180 cm³/mol. The number of urea groups is 1. The van der Waals surface area contributed by atoms with Crippen molar-refractivity contribution in [2.24, 2.45) is 0 Å². The van der Waals surface area contributed by atoms with Crippen LogP contribution in [0.4, 0.5) is 15.6 Å². The van der Waals surface area contributed by atoms with Crippen molar-refractivity contribution in [3.63, 3.8) is 0 Å². The number of carbonyl (C=O) groups is 4. The molecule has 2 saturated heterocycles. The number of hydrazine groups is 1. The van der Waals surface area contributed by atoms with Crippen LogP contribution in [0.25, 0.3) is 10.2 Å². The van der Waals surface area contributed by atoms with Gasteiger partial charge < -0.3 is 31.3 Å². The summed E-state index contributed by atoms with van der Waals surface area (Å²) in [6.45, 7) is 5.87. The van der Waals surface area contributed by atoms with E-state index in [1.807, 2.05) is 25.1 Å². The second-order valence-corrected chi connectivity index (χ2v) is 12.4. The monoisotopic (exact) mass is 658 g/mol. The number of nitrogen functional groups attached to an aromatic ring is 2. The van der Waals surface area contributed by atoms with Crippen LogP contribution in [-0.4, -0.2) is 93.4 Å². The number of ether oxygens (including phenoxy) is 1. The third kappa shape index (κ3) is 7.16. The molecule has 5 rings (SSSR count). The number of unbranched alkanes of at least 4 members (excludes halogenated alkanes) is 1. The zero-order valence-corrected chi connectivity index (χ0v) is 27.0. The van der Waals surface area contributed by atoms with Crippen LogP contribution in [0.2, 0.25) is 0 Å². The van der Waals surface area contributed by atoms with Gasteiger partial charge in [-0.05, 0) is 41.8 Å². The zero-order chi connectivity index (χ0) is 33.7. The summed E-state index contributed by atoms with van der Waals surface area (Å²) in [5.41, 5.74) is 14.7. The Kier molecular flexibility index (Phi) is 10.3. The maximum atomic E-state index is 14.3. The second-order valence-electron chi connectivity index (χ2n) is 11.3. The Morgan fingerprint density at radius 2 is 2.09 bits per heavy atom. The summed E-state index contributed by atoms with van der Waals surface area (Å²) in [7, 11) is 0. The van der Waals surface area contributed by atoms with Gasteiger partial charge >= 0.3 is 6.03 Å². The van der Waals surface area contributed by atoms with Gasteiger partial charge in [-0.2, -0.15) is 5.01 Å². The Labute approximate surface area is 277 Å². The Hall–Kier alpha value is -5.13. The van der Waals surface area contributed by atoms with Gasteiger partial charge in [-0.1, -0.05) is 55.4 Å². The number of ketones is 1. The number of aromatic nitrogens is 1. The number of nitrogens with one attached hydrogen (secondary N) is 1. The summed E-state index contributed by atoms with van der Waals surface area (Å²) in [6, 6.07) is 9.44. The highest BCUT2D eigenvalue weighted by Gasteiger charge is 2.52. The summed E-state index contributed by atoms with van der Waals surface area (Å²) in [4.78, 5) is 60.7. The zero-order valence-electron chi connectivity index (χ0n) is 26.2. The largest absolute Gasteiger partial charge is 0.483 e. The number of carbonyl (C=O) groups excluding carboxylic acids is 4. The SMILES string of the molecule is C#CCN(C(=O)NCCCC)N1CC(=O)N2[C@@H](Cc3ccc(OCC(=O)C=C)c(N)c3)C(=O)N(Cc3cccc4sc(N)nc34)C[C@@H]21. The molecule has 0 saturated carbocycles. The predicted octanol–water partition coefficient (Wildman–Crippen LogP) is 2.38. The molecule has 0 aliphatic carbocycles. The van der Waals surface area contributed by atoms with E-state index in [2.05, 4.69) is 22.8 Å². The van der Waals surface area contributed by atoms with Crippen LogP contribution in [0.3, 0.4) is 0 Å².